The second kappa shape index (κ2) is 5.32. The predicted molar refractivity (Wildman–Crippen MR) is 73.1 cm³/mol. The molecule has 1 aliphatic rings. The summed E-state index contributed by atoms with van der Waals surface area (Å²) in [5.74, 6) is 0. The van der Waals surface area contributed by atoms with Crippen LogP contribution < -0.4 is 0 Å². The summed E-state index contributed by atoms with van der Waals surface area (Å²) in [5, 5.41) is 9.14. The first-order valence-corrected chi connectivity index (χ1v) is 7.89. The first-order valence-electron chi connectivity index (χ1n) is 6.45. The van der Waals surface area contributed by atoms with Crippen molar-refractivity contribution in [3.8, 4) is 6.07 Å². The van der Waals surface area contributed by atoms with E-state index in [1.54, 1.807) is 13.0 Å². The van der Waals surface area contributed by atoms with Crippen LogP contribution in [-0.4, -0.2) is 25.3 Å². The predicted octanol–water partition coefficient (Wildman–Crippen LogP) is 2.37. The van der Waals surface area contributed by atoms with Crippen molar-refractivity contribution in [3.63, 3.8) is 0 Å². The molecular formula is C14H18N2O2S. The molecule has 0 bridgehead atoms. The lowest BCUT2D eigenvalue weighted by molar-refractivity contribution is 0.297. The van der Waals surface area contributed by atoms with Crippen LogP contribution in [0.5, 0.6) is 0 Å². The zero-order valence-electron chi connectivity index (χ0n) is 11.3. The fourth-order valence-electron chi connectivity index (χ4n) is 2.43. The Morgan fingerprint density at radius 2 is 2.05 bits per heavy atom. The molecular weight excluding hydrogens is 260 g/mol. The Morgan fingerprint density at radius 3 is 2.74 bits per heavy atom. The van der Waals surface area contributed by atoms with Gasteiger partial charge in [0, 0.05) is 6.54 Å². The van der Waals surface area contributed by atoms with Gasteiger partial charge in [0.1, 0.15) is 6.04 Å². The first kappa shape index (κ1) is 14.0. The Morgan fingerprint density at radius 1 is 1.32 bits per heavy atom. The van der Waals surface area contributed by atoms with Crippen molar-refractivity contribution in [1.82, 2.24) is 4.31 Å². The molecule has 0 amide bonds. The Kier molecular flexibility index (Phi) is 3.93. The van der Waals surface area contributed by atoms with Crippen molar-refractivity contribution in [3.05, 3.63) is 29.3 Å². The van der Waals surface area contributed by atoms with Gasteiger partial charge in [-0.3, -0.25) is 0 Å². The number of nitriles is 1. The fourth-order valence-corrected chi connectivity index (χ4v) is 4.35. The summed E-state index contributed by atoms with van der Waals surface area (Å²) in [6, 6.07) is 6.98. The average molecular weight is 278 g/mol. The third-order valence-corrected chi connectivity index (χ3v) is 5.58. The molecule has 1 fully saturated rings. The minimum atomic E-state index is -3.57. The lowest BCUT2D eigenvalue weighted by Crippen LogP contribution is -2.43. The normalized spacial score (nSPS) is 21.0. The first-order chi connectivity index (χ1) is 8.96. The molecule has 0 saturated carbocycles. The maximum absolute atomic E-state index is 12.7. The average Bonchev–Trinajstić information content (AvgIpc) is 2.41. The van der Waals surface area contributed by atoms with Gasteiger partial charge in [0.2, 0.25) is 10.0 Å². The second-order valence-corrected chi connectivity index (χ2v) is 6.88. The SMILES string of the molecule is Cc1ccc(C)c(S(=O)(=O)N2CCCCC2C#N)c1. The van der Waals surface area contributed by atoms with Gasteiger partial charge in [-0.05, 0) is 50.3 Å². The van der Waals surface area contributed by atoms with Crippen LogP contribution in [0.15, 0.2) is 23.1 Å². The van der Waals surface area contributed by atoms with Crippen molar-refractivity contribution >= 4 is 10.0 Å². The van der Waals surface area contributed by atoms with Gasteiger partial charge in [-0.15, -0.1) is 0 Å². The third kappa shape index (κ3) is 2.65. The Balaban J connectivity index is 2.47. The van der Waals surface area contributed by atoms with Crippen molar-refractivity contribution in [2.75, 3.05) is 6.54 Å². The van der Waals surface area contributed by atoms with E-state index in [0.29, 0.717) is 17.9 Å². The smallest absolute Gasteiger partial charge is 0.207 e. The summed E-state index contributed by atoms with van der Waals surface area (Å²) in [7, 11) is -3.57. The van der Waals surface area contributed by atoms with Crippen LogP contribution in [0, 0.1) is 25.2 Å². The van der Waals surface area contributed by atoms with Crippen molar-refractivity contribution in [2.45, 2.75) is 44.0 Å². The highest BCUT2D eigenvalue weighted by Crippen LogP contribution is 2.27. The van der Waals surface area contributed by atoms with E-state index in [1.165, 1.54) is 4.31 Å². The highest BCUT2D eigenvalue weighted by molar-refractivity contribution is 7.89. The summed E-state index contributed by atoms with van der Waals surface area (Å²) in [6.45, 7) is 4.10. The molecule has 1 aliphatic heterocycles. The molecule has 1 saturated heterocycles. The van der Waals surface area contributed by atoms with Gasteiger partial charge >= 0.3 is 0 Å². The number of aryl methyl sites for hydroxylation is 2. The third-order valence-electron chi connectivity index (χ3n) is 3.53. The standard InChI is InChI=1S/C14H18N2O2S/c1-11-6-7-12(2)14(9-11)19(17,18)16-8-4-3-5-13(16)10-15/h6-7,9,13H,3-5,8H2,1-2H3. The van der Waals surface area contributed by atoms with Crippen molar-refractivity contribution in [1.29, 1.82) is 5.26 Å². The number of piperidine rings is 1. The van der Waals surface area contributed by atoms with Crippen LogP contribution >= 0.6 is 0 Å². The molecule has 0 aliphatic carbocycles. The lowest BCUT2D eigenvalue weighted by Gasteiger charge is -2.30. The van der Waals surface area contributed by atoms with E-state index in [-0.39, 0.29) is 0 Å². The molecule has 0 N–H and O–H groups in total. The molecule has 2 rings (SSSR count). The van der Waals surface area contributed by atoms with E-state index in [2.05, 4.69) is 6.07 Å². The minimum Gasteiger partial charge on any atom is -0.207 e. The molecule has 102 valence electrons. The van der Waals surface area contributed by atoms with E-state index >= 15 is 0 Å². The molecule has 5 heteroatoms. The molecule has 1 unspecified atom stereocenters. The largest absolute Gasteiger partial charge is 0.244 e. The van der Waals surface area contributed by atoms with Gasteiger partial charge in [-0.1, -0.05) is 12.1 Å². The number of sulfonamides is 1. The monoisotopic (exact) mass is 278 g/mol. The molecule has 4 nitrogen and oxygen atoms in total. The molecule has 1 aromatic rings. The number of hydrogen-bond acceptors (Lipinski definition) is 3. The Labute approximate surface area is 114 Å². The van der Waals surface area contributed by atoms with Crippen molar-refractivity contribution in [2.24, 2.45) is 0 Å². The molecule has 0 radical (unpaired) electrons. The number of hydrogen-bond donors (Lipinski definition) is 0. The Hall–Kier alpha value is -1.38. The summed E-state index contributed by atoms with van der Waals surface area (Å²) in [4.78, 5) is 0.328. The molecule has 19 heavy (non-hydrogen) atoms. The second-order valence-electron chi connectivity index (χ2n) is 5.03. The van der Waals surface area contributed by atoms with Crippen LogP contribution in [-0.2, 0) is 10.0 Å². The highest BCUT2D eigenvalue weighted by Gasteiger charge is 2.34. The van der Waals surface area contributed by atoms with Crippen LogP contribution in [0.1, 0.15) is 30.4 Å². The summed E-state index contributed by atoms with van der Waals surface area (Å²) >= 11 is 0. The quantitative estimate of drug-likeness (QED) is 0.834. The zero-order valence-corrected chi connectivity index (χ0v) is 12.1. The molecule has 0 spiro atoms. The summed E-state index contributed by atoms with van der Waals surface area (Å²) in [5.41, 5.74) is 1.64. The van der Waals surface area contributed by atoms with E-state index in [0.717, 1.165) is 24.0 Å². The number of nitrogens with zero attached hydrogens (tertiary/aromatic N) is 2. The van der Waals surface area contributed by atoms with Gasteiger partial charge in [0.15, 0.2) is 0 Å². The topological polar surface area (TPSA) is 61.2 Å². The van der Waals surface area contributed by atoms with Crippen molar-refractivity contribution < 1.29 is 8.42 Å². The van der Waals surface area contributed by atoms with E-state index < -0.39 is 16.1 Å². The van der Waals surface area contributed by atoms with Gasteiger partial charge in [-0.25, -0.2) is 8.42 Å². The molecule has 1 atom stereocenters. The maximum Gasteiger partial charge on any atom is 0.244 e. The van der Waals surface area contributed by atoms with Gasteiger partial charge in [0.05, 0.1) is 11.0 Å². The zero-order chi connectivity index (χ0) is 14.0. The molecule has 1 aromatic carbocycles. The van der Waals surface area contributed by atoms with E-state index in [4.69, 9.17) is 5.26 Å². The maximum atomic E-state index is 12.7. The summed E-state index contributed by atoms with van der Waals surface area (Å²) in [6.07, 6.45) is 2.36. The van der Waals surface area contributed by atoms with Gasteiger partial charge in [-0.2, -0.15) is 9.57 Å². The van der Waals surface area contributed by atoms with E-state index in [9.17, 15) is 8.42 Å². The van der Waals surface area contributed by atoms with Gasteiger partial charge in [0.25, 0.3) is 0 Å². The number of rotatable bonds is 2. The molecule has 0 aromatic heterocycles. The van der Waals surface area contributed by atoms with Crippen LogP contribution in [0.25, 0.3) is 0 Å². The van der Waals surface area contributed by atoms with Crippen LogP contribution in [0.3, 0.4) is 0 Å². The lowest BCUT2D eigenvalue weighted by atomic mass is 10.1. The van der Waals surface area contributed by atoms with E-state index in [1.807, 2.05) is 19.1 Å². The number of benzene rings is 1. The fraction of sp³-hybridized carbons (Fsp3) is 0.500. The van der Waals surface area contributed by atoms with Crippen LogP contribution in [0.4, 0.5) is 0 Å². The molecule has 1 heterocycles. The van der Waals surface area contributed by atoms with Gasteiger partial charge < -0.3 is 0 Å². The summed E-state index contributed by atoms with van der Waals surface area (Å²) < 4.78 is 26.8. The highest BCUT2D eigenvalue weighted by atomic mass is 32.2. The minimum absolute atomic E-state index is 0.328. The van der Waals surface area contributed by atoms with Crippen LogP contribution in [0.2, 0.25) is 0 Å². The Bertz CT molecular complexity index is 617.